The molecule has 1 fully saturated rings. The Labute approximate surface area is 144 Å². The number of piperazine rings is 1. The number of aromatic nitrogens is 2. The maximum atomic E-state index is 13.2. The number of aryl methyl sites for hydroxylation is 1. The van der Waals surface area contributed by atoms with Crippen molar-refractivity contribution >= 4 is 28.9 Å². The number of halogens is 1. The number of hydrogen-bond acceptors (Lipinski definition) is 6. The van der Waals surface area contributed by atoms with Gasteiger partial charge in [-0.1, -0.05) is 17.8 Å². The fraction of sp³-hybridized carbons (Fsp3) is 0.500. The number of thioether (sulfide) groups is 1. The van der Waals surface area contributed by atoms with Crippen molar-refractivity contribution in [2.24, 2.45) is 0 Å². The van der Waals surface area contributed by atoms with Gasteiger partial charge in [0.2, 0.25) is 5.95 Å². The van der Waals surface area contributed by atoms with Crippen LogP contribution in [-0.4, -0.2) is 53.3 Å². The monoisotopic (exact) mass is 352 g/mol. The summed E-state index contributed by atoms with van der Waals surface area (Å²) in [5.74, 6) is 1.46. The fourth-order valence-electron chi connectivity index (χ4n) is 2.62. The molecular weight excluding hydrogens is 331 g/mol. The SMILES string of the molecule is Cc1csc(SCCCN2CCN(c3cccc(F)n3)CC2)n1. The van der Waals surface area contributed by atoms with Crippen LogP contribution in [0.1, 0.15) is 12.1 Å². The van der Waals surface area contributed by atoms with Gasteiger partial charge in [0.25, 0.3) is 0 Å². The average molecular weight is 353 g/mol. The summed E-state index contributed by atoms with van der Waals surface area (Å²) < 4.78 is 14.4. The van der Waals surface area contributed by atoms with E-state index in [1.54, 1.807) is 17.4 Å². The molecule has 0 N–H and O–H groups in total. The molecule has 0 aliphatic carbocycles. The topological polar surface area (TPSA) is 32.3 Å². The highest BCUT2D eigenvalue weighted by Gasteiger charge is 2.17. The largest absolute Gasteiger partial charge is 0.354 e. The van der Waals surface area contributed by atoms with Gasteiger partial charge in [0.15, 0.2) is 0 Å². The third-order valence-electron chi connectivity index (χ3n) is 3.84. The normalized spacial score (nSPS) is 16.0. The number of thiazole rings is 1. The zero-order valence-corrected chi connectivity index (χ0v) is 14.9. The molecule has 0 spiro atoms. The van der Waals surface area contributed by atoms with Crippen LogP contribution in [0.5, 0.6) is 0 Å². The van der Waals surface area contributed by atoms with Crippen LogP contribution in [0.3, 0.4) is 0 Å². The van der Waals surface area contributed by atoms with E-state index in [1.807, 2.05) is 24.8 Å². The van der Waals surface area contributed by atoms with Gasteiger partial charge in [0.05, 0.1) is 0 Å². The molecule has 0 saturated carbocycles. The van der Waals surface area contributed by atoms with Gasteiger partial charge in [-0.2, -0.15) is 4.39 Å². The summed E-state index contributed by atoms with van der Waals surface area (Å²) in [5.41, 5.74) is 1.11. The van der Waals surface area contributed by atoms with Gasteiger partial charge in [-0.05, 0) is 32.0 Å². The number of rotatable bonds is 6. The van der Waals surface area contributed by atoms with E-state index in [0.717, 1.165) is 50.0 Å². The minimum Gasteiger partial charge on any atom is -0.354 e. The van der Waals surface area contributed by atoms with Crippen molar-refractivity contribution in [3.63, 3.8) is 0 Å². The molecule has 0 amide bonds. The molecule has 4 nitrogen and oxygen atoms in total. The first-order valence-corrected chi connectivity index (χ1v) is 9.72. The van der Waals surface area contributed by atoms with Gasteiger partial charge < -0.3 is 4.90 Å². The minimum absolute atomic E-state index is 0.403. The van der Waals surface area contributed by atoms with Crippen LogP contribution in [0.2, 0.25) is 0 Å². The lowest BCUT2D eigenvalue weighted by Gasteiger charge is -2.35. The first-order chi connectivity index (χ1) is 11.2. The van der Waals surface area contributed by atoms with Crippen molar-refractivity contribution < 1.29 is 4.39 Å². The van der Waals surface area contributed by atoms with Crippen LogP contribution in [-0.2, 0) is 0 Å². The van der Waals surface area contributed by atoms with Crippen LogP contribution >= 0.6 is 23.1 Å². The summed E-state index contributed by atoms with van der Waals surface area (Å²) >= 11 is 3.58. The lowest BCUT2D eigenvalue weighted by molar-refractivity contribution is 0.258. The molecule has 3 heterocycles. The Morgan fingerprint density at radius 2 is 2.04 bits per heavy atom. The maximum absolute atomic E-state index is 13.2. The van der Waals surface area contributed by atoms with E-state index in [9.17, 15) is 4.39 Å². The summed E-state index contributed by atoms with van der Waals surface area (Å²) in [5, 5.41) is 2.10. The van der Waals surface area contributed by atoms with Crippen molar-refractivity contribution in [1.29, 1.82) is 0 Å². The van der Waals surface area contributed by atoms with Gasteiger partial charge in [-0.3, -0.25) is 4.90 Å². The van der Waals surface area contributed by atoms with E-state index in [1.165, 1.54) is 16.8 Å². The first-order valence-electron chi connectivity index (χ1n) is 7.85. The van der Waals surface area contributed by atoms with E-state index in [4.69, 9.17) is 0 Å². The first kappa shape index (κ1) is 16.7. The molecule has 0 unspecified atom stereocenters. The molecule has 3 rings (SSSR count). The molecule has 1 aliphatic heterocycles. The standard InChI is InChI=1S/C16H21FN4S2/c1-13-12-23-16(18-13)22-11-3-6-20-7-9-21(10-8-20)15-5-2-4-14(17)19-15/h2,4-5,12H,3,6-11H2,1H3. The van der Waals surface area contributed by atoms with Crippen LogP contribution < -0.4 is 4.90 Å². The molecule has 0 atom stereocenters. The summed E-state index contributed by atoms with van der Waals surface area (Å²) in [7, 11) is 0. The highest BCUT2D eigenvalue weighted by molar-refractivity contribution is 8.00. The number of pyridine rings is 1. The Morgan fingerprint density at radius 1 is 1.22 bits per heavy atom. The average Bonchev–Trinajstić information content (AvgIpc) is 2.98. The van der Waals surface area contributed by atoms with Crippen molar-refractivity contribution in [1.82, 2.24) is 14.9 Å². The molecule has 7 heteroatoms. The van der Waals surface area contributed by atoms with Gasteiger partial charge in [0, 0.05) is 43.0 Å². The maximum Gasteiger partial charge on any atom is 0.214 e. The highest BCUT2D eigenvalue weighted by atomic mass is 32.2. The summed E-state index contributed by atoms with van der Waals surface area (Å²) in [6.07, 6.45) is 1.17. The number of anilines is 1. The lowest BCUT2D eigenvalue weighted by atomic mass is 10.3. The summed E-state index contributed by atoms with van der Waals surface area (Å²) in [4.78, 5) is 13.1. The second-order valence-electron chi connectivity index (χ2n) is 5.60. The molecule has 23 heavy (non-hydrogen) atoms. The van der Waals surface area contributed by atoms with Gasteiger partial charge in [-0.15, -0.1) is 11.3 Å². The summed E-state index contributed by atoms with van der Waals surface area (Å²) in [6, 6.07) is 4.99. The van der Waals surface area contributed by atoms with Gasteiger partial charge >= 0.3 is 0 Å². The Bertz CT molecular complexity index is 626. The predicted molar refractivity (Wildman–Crippen MR) is 95.0 cm³/mol. The molecule has 2 aromatic heterocycles. The summed E-state index contributed by atoms with van der Waals surface area (Å²) in [6.45, 7) is 7.00. The Balaban J connectivity index is 1.36. The van der Waals surface area contributed by atoms with Crippen LogP contribution in [0.15, 0.2) is 27.9 Å². The fourth-order valence-corrected chi connectivity index (χ4v) is 4.46. The molecular formula is C16H21FN4S2. The third kappa shape index (κ3) is 4.89. The van der Waals surface area contributed by atoms with Gasteiger partial charge in [-0.25, -0.2) is 9.97 Å². The Morgan fingerprint density at radius 3 is 2.74 bits per heavy atom. The van der Waals surface area contributed by atoms with Crippen molar-refractivity contribution in [3.8, 4) is 0 Å². The molecule has 124 valence electrons. The second kappa shape index (κ2) is 8.08. The molecule has 1 saturated heterocycles. The van der Waals surface area contributed by atoms with Crippen molar-refractivity contribution in [2.45, 2.75) is 17.7 Å². The van der Waals surface area contributed by atoms with Crippen LogP contribution in [0, 0.1) is 12.9 Å². The lowest BCUT2D eigenvalue weighted by Crippen LogP contribution is -2.47. The smallest absolute Gasteiger partial charge is 0.214 e. The van der Waals surface area contributed by atoms with E-state index in [2.05, 4.69) is 25.1 Å². The van der Waals surface area contributed by atoms with E-state index in [0.29, 0.717) is 0 Å². The Kier molecular flexibility index (Phi) is 5.85. The molecule has 2 aromatic rings. The van der Waals surface area contributed by atoms with E-state index < -0.39 is 5.95 Å². The molecule has 0 radical (unpaired) electrons. The predicted octanol–water partition coefficient (Wildman–Crippen LogP) is 3.29. The Hall–Kier alpha value is -1.18. The molecule has 0 aromatic carbocycles. The zero-order valence-electron chi connectivity index (χ0n) is 13.2. The van der Waals surface area contributed by atoms with Crippen LogP contribution in [0.4, 0.5) is 10.2 Å². The highest BCUT2D eigenvalue weighted by Crippen LogP contribution is 2.23. The quantitative estimate of drug-likeness (QED) is 0.452. The second-order valence-corrected chi connectivity index (χ2v) is 7.80. The van der Waals surface area contributed by atoms with E-state index >= 15 is 0 Å². The van der Waals surface area contributed by atoms with Crippen LogP contribution in [0.25, 0.3) is 0 Å². The zero-order chi connectivity index (χ0) is 16.1. The van der Waals surface area contributed by atoms with Gasteiger partial charge in [0.1, 0.15) is 10.2 Å². The van der Waals surface area contributed by atoms with E-state index in [-0.39, 0.29) is 0 Å². The molecule has 0 bridgehead atoms. The third-order valence-corrected chi connectivity index (χ3v) is 6.06. The number of nitrogens with zero attached hydrogens (tertiary/aromatic N) is 4. The molecule has 1 aliphatic rings. The van der Waals surface area contributed by atoms with Crippen molar-refractivity contribution in [3.05, 3.63) is 35.2 Å². The minimum atomic E-state index is -0.403. The van der Waals surface area contributed by atoms with Crippen molar-refractivity contribution in [2.75, 3.05) is 43.4 Å². The number of hydrogen-bond donors (Lipinski definition) is 0.